The molecule has 1 fully saturated rings. The van der Waals surface area contributed by atoms with Crippen molar-refractivity contribution in [2.45, 2.75) is 31.9 Å². The van der Waals surface area contributed by atoms with E-state index in [9.17, 15) is 14.4 Å². The molecule has 0 radical (unpaired) electrons. The number of H-pyrrole nitrogens is 1. The van der Waals surface area contributed by atoms with Gasteiger partial charge in [0.05, 0.1) is 33.6 Å². The van der Waals surface area contributed by atoms with Crippen LogP contribution < -0.4 is 11.3 Å². The molecule has 1 saturated carbocycles. The maximum absolute atomic E-state index is 13.0. The molecular formula is C24H22ClFN6O2. The fourth-order valence-electron chi connectivity index (χ4n) is 3.54. The molecule has 0 saturated heterocycles. The van der Waals surface area contributed by atoms with Gasteiger partial charge in [-0.3, -0.25) is 9.48 Å². The molecule has 174 valence electrons. The van der Waals surface area contributed by atoms with Crippen molar-refractivity contribution in [3.05, 3.63) is 74.9 Å². The van der Waals surface area contributed by atoms with Crippen molar-refractivity contribution in [2.75, 3.05) is 0 Å². The average Bonchev–Trinajstić information content (AvgIpc) is 3.45. The van der Waals surface area contributed by atoms with Gasteiger partial charge in [0, 0.05) is 30.6 Å². The minimum Gasteiger partial charge on any atom is -0.486 e. The van der Waals surface area contributed by atoms with Crippen LogP contribution in [-0.2, 0) is 18.3 Å². The summed E-state index contributed by atoms with van der Waals surface area (Å²) < 4.78 is 20.6. The number of nitrogens with zero attached hydrogens (tertiary/aromatic N) is 4. The third-order valence-corrected chi connectivity index (χ3v) is 5.90. The highest BCUT2D eigenvalue weighted by Crippen LogP contribution is 2.42. The van der Waals surface area contributed by atoms with Crippen LogP contribution in [0.5, 0.6) is 0 Å². The minimum absolute atomic E-state index is 0.155. The van der Waals surface area contributed by atoms with Crippen LogP contribution in [0.2, 0.25) is 0 Å². The van der Waals surface area contributed by atoms with Crippen molar-refractivity contribution in [3.63, 3.8) is 0 Å². The normalized spacial score (nSPS) is 15.9. The lowest BCUT2D eigenvalue weighted by Gasteiger charge is -2.16. The highest BCUT2D eigenvalue weighted by Gasteiger charge is 2.41. The summed E-state index contributed by atoms with van der Waals surface area (Å²) in [4.78, 5) is 12.2. The predicted octanol–water partition coefficient (Wildman–Crippen LogP) is 4.19. The van der Waals surface area contributed by atoms with Gasteiger partial charge in [0.1, 0.15) is 23.8 Å². The number of halogens is 2. The fourth-order valence-corrected chi connectivity index (χ4v) is 3.64. The van der Waals surface area contributed by atoms with Crippen LogP contribution in [0.1, 0.15) is 31.2 Å². The van der Waals surface area contributed by atoms with Crippen LogP contribution in [0.15, 0.2) is 58.0 Å². The third kappa shape index (κ3) is 4.64. The number of nitriles is 1. The molecule has 0 atom stereocenters. The van der Waals surface area contributed by atoms with E-state index >= 15 is 0 Å². The van der Waals surface area contributed by atoms with Gasteiger partial charge in [-0.05, 0) is 43.5 Å². The zero-order valence-corrected chi connectivity index (χ0v) is 19.4. The van der Waals surface area contributed by atoms with Gasteiger partial charge >= 0.3 is 0 Å². The molecule has 1 aliphatic carbocycles. The maximum atomic E-state index is 13.0. The van der Waals surface area contributed by atoms with E-state index in [0.717, 1.165) is 18.4 Å². The van der Waals surface area contributed by atoms with Crippen LogP contribution in [-0.4, -0.2) is 25.6 Å². The van der Waals surface area contributed by atoms with Gasteiger partial charge in [-0.25, -0.2) is 9.49 Å². The second-order valence-electron chi connectivity index (χ2n) is 8.26. The number of benzene rings is 1. The highest BCUT2D eigenvalue weighted by molar-refractivity contribution is 6.31. The Bertz CT molecular complexity index is 1460. The Morgan fingerprint density at radius 3 is 2.85 bits per heavy atom. The summed E-state index contributed by atoms with van der Waals surface area (Å²) in [6.07, 6.45) is 6.45. The van der Waals surface area contributed by atoms with Crippen molar-refractivity contribution in [1.29, 1.82) is 5.26 Å². The van der Waals surface area contributed by atoms with Crippen LogP contribution >= 0.6 is 11.6 Å². The molecule has 4 rings (SSSR count). The number of aromatic nitrogens is 4. The van der Waals surface area contributed by atoms with Crippen LogP contribution in [0.25, 0.3) is 28.0 Å². The van der Waals surface area contributed by atoms with E-state index in [-0.39, 0.29) is 34.8 Å². The van der Waals surface area contributed by atoms with Gasteiger partial charge in [-0.2, -0.15) is 15.5 Å². The number of aryl methyl sites for hydroxylation is 1. The van der Waals surface area contributed by atoms with Gasteiger partial charge in [-0.1, -0.05) is 17.7 Å². The van der Waals surface area contributed by atoms with Gasteiger partial charge in [-0.15, -0.1) is 0 Å². The molecule has 2 aromatic heterocycles. The van der Waals surface area contributed by atoms with E-state index in [1.165, 1.54) is 6.08 Å². The summed E-state index contributed by atoms with van der Waals surface area (Å²) >= 11 is 5.88. The second-order valence-corrected chi connectivity index (χ2v) is 8.69. The van der Waals surface area contributed by atoms with Crippen molar-refractivity contribution >= 4 is 28.4 Å². The maximum Gasteiger partial charge on any atom is 0.272 e. The summed E-state index contributed by atoms with van der Waals surface area (Å²) in [5.41, 5.74) is 7.88. The fraction of sp³-hybridized carbons (Fsp3) is 0.250. The standard InChI is InChI=1S/C24H22ClFN6O2/c1-24(5-6-24)34-22(9-16(25)10-26)15(11-27)8-21-19(13-29-32(21)2)14-3-4-17-18(7-14)20(12-28)30-31-23(17)33/h3-4,7-10,13H,5-6,12,28H2,1-2H3,(H,31,33)/b15-8+,16-10-,22-9+. The van der Waals surface area contributed by atoms with E-state index in [1.807, 2.05) is 13.0 Å². The summed E-state index contributed by atoms with van der Waals surface area (Å²) in [7, 11) is 1.74. The Morgan fingerprint density at radius 2 is 2.21 bits per heavy atom. The number of hydrogen-bond acceptors (Lipinski definition) is 6. The highest BCUT2D eigenvalue weighted by atomic mass is 35.5. The molecule has 1 aliphatic rings. The average molecular weight is 481 g/mol. The molecule has 0 amide bonds. The Labute approximate surface area is 199 Å². The molecule has 10 heteroatoms. The van der Waals surface area contributed by atoms with Crippen LogP contribution in [0, 0.1) is 11.3 Å². The zero-order chi connectivity index (χ0) is 24.5. The van der Waals surface area contributed by atoms with Crippen molar-refractivity contribution < 1.29 is 9.13 Å². The first-order chi connectivity index (χ1) is 16.3. The largest absolute Gasteiger partial charge is 0.486 e. The predicted molar refractivity (Wildman–Crippen MR) is 128 cm³/mol. The molecule has 3 N–H and O–H groups in total. The first-order valence-corrected chi connectivity index (χ1v) is 10.9. The SMILES string of the molecule is Cn1ncc(-c2ccc3c(=O)[nH]nc(CN)c3c2)c1/C=C(C#N)/C(=C\C(Cl)=C\F)OC1(C)CC1. The third-order valence-electron chi connectivity index (χ3n) is 5.71. The van der Waals surface area contributed by atoms with Crippen molar-refractivity contribution in [2.24, 2.45) is 12.8 Å². The summed E-state index contributed by atoms with van der Waals surface area (Å²) in [6, 6.07) is 7.44. The molecule has 8 nitrogen and oxygen atoms in total. The molecule has 0 unspecified atom stereocenters. The Hall–Kier alpha value is -3.74. The van der Waals surface area contributed by atoms with E-state index < -0.39 is 5.60 Å². The number of nitrogens with two attached hydrogens (primary N) is 1. The smallest absolute Gasteiger partial charge is 0.272 e. The van der Waals surface area contributed by atoms with Gasteiger partial charge in [0.25, 0.3) is 5.56 Å². The van der Waals surface area contributed by atoms with E-state index in [4.69, 9.17) is 22.1 Å². The zero-order valence-electron chi connectivity index (χ0n) is 18.6. The Kier molecular flexibility index (Phi) is 6.37. The van der Waals surface area contributed by atoms with Crippen LogP contribution in [0.4, 0.5) is 4.39 Å². The number of ether oxygens (including phenoxy) is 1. The van der Waals surface area contributed by atoms with E-state index in [2.05, 4.69) is 21.4 Å². The summed E-state index contributed by atoms with van der Waals surface area (Å²) in [6.45, 7) is 2.07. The molecule has 0 bridgehead atoms. The van der Waals surface area contributed by atoms with Gasteiger partial charge in [0.15, 0.2) is 0 Å². The lowest BCUT2D eigenvalue weighted by molar-refractivity contribution is 0.118. The summed E-state index contributed by atoms with van der Waals surface area (Å²) in [5.74, 6) is 0.174. The molecule has 2 heterocycles. The van der Waals surface area contributed by atoms with Crippen LogP contribution in [0.3, 0.4) is 0 Å². The molecule has 1 aromatic carbocycles. The molecule has 0 spiro atoms. The number of allylic oxidation sites excluding steroid dienone is 3. The Morgan fingerprint density at radius 1 is 1.44 bits per heavy atom. The lowest BCUT2D eigenvalue weighted by Crippen LogP contribution is -2.13. The first kappa shape index (κ1) is 23.4. The minimum atomic E-state index is -0.415. The molecular weight excluding hydrogens is 459 g/mol. The van der Waals surface area contributed by atoms with Gasteiger partial charge < -0.3 is 10.5 Å². The van der Waals surface area contributed by atoms with Crippen molar-refractivity contribution in [1.82, 2.24) is 20.0 Å². The first-order valence-electron chi connectivity index (χ1n) is 10.5. The quantitative estimate of drug-likeness (QED) is 0.297. The number of nitrogens with one attached hydrogen (secondary N) is 1. The van der Waals surface area contributed by atoms with Gasteiger partial charge in [0.2, 0.25) is 0 Å². The Balaban J connectivity index is 1.84. The van der Waals surface area contributed by atoms with Crippen molar-refractivity contribution in [3.8, 4) is 17.2 Å². The molecule has 3 aromatic rings. The monoisotopic (exact) mass is 480 g/mol. The van der Waals surface area contributed by atoms with E-state index in [1.54, 1.807) is 36.1 Å². The molecule has 0 aliphatic heterocycles. The topological polar surface area (TPSA) is 123 Å². The second kappa shape index (κ2) is 9.25. The number of hydrogen-bond donors (Lipinski definition) is 2. The van der Waals surface area contributed by atoms with E-state index in [0.29, 0.717) is 27.7 Å². The lowest BCUT2D eigenvalue weighted by atomic mass is 10.0. The molecule has 34 heavy (non-hydrogen) atoms. The summed E-state index contributed by atoms with van der Waals surface area (Å²) in [5, 5.41) is 21.7. The number of rotatable bonds is 7. The number of aromatic amines is 1. The number of fused-ring (bicyclic) bond motifs is 1.